The second kappa shape index (κ2) is 3.65. The summed E-state index contributed by atoms with van der Waals surface area (Å²) in [7, 11) is 1.28. The molecule has 1 heterocycles. The zero-order chi connectivity index (χ0) is 10.8. The van der Waals surface area contributed by atoms with Gasteiger partial charge in [0, 0.05) is 6.42 Å². The highest BCUT2D eigenvalue weighted by atomic mass is 16.5. The average molecular weight is 200 g/mol. The summed E-state index contributed by atoms with van der Waals surface area (Å²) in [6.07, 6.45) is 0.331. The van der Waals surface area contributed by atoms with E-state index in [4.69, 9.17) is 0 Å². The molecule has 0 aromatic rings. The summed E-state index contributed by atoms with van der Waals surface area (Å²) >= 11 is 0. The Balaban J connectivity index is 2.54. The normalized spacial score (nSPS) is 25.6. The van der Waals surface area contributed by atoms with Crippen molar-refractivity contribution >= 4 is 17.9 Å². The van der Waals surface area contributed by atoms with Crippen LogP contribution in [0.15, 0.2) is 0 Å². The molecule has 1 aliphatic heterocycles. The second-order valence-corrected chi connectivity index (χ2v) is 3.32. The summed E-state index contributed by atoms with van der Waals surface area (Å²) in [5.41, 5.74) is -0.995. The number of methoxy groups -OCH3 is 1. The number of imide groups is 1. The van der Waals surface area contributed by atoms with E-state index in [1.807, 2.05) is 0 Å². The predicted octanol–water partition coefficient (Wildman–Crippen LogP) is -0.462. The first-order valence-corrected chi connectivity index (χ1v) is 4.18. The third-order valence-electron chi connectivity index (χ3n) is 2.17. The van der Waals surface area contributed by atoms with Gasteiger partial charge < -0.3 is 10.1 Å². The summed E-state index contributed by atoms with van der Waals surface area (Å²) < 4.78 is 4.43. The Bertz CT molecular complexity index is 289. The molecule has 1 fully saturated rings. The highest BCUT2D eigenvalue weighted by molar-refractivity contribution is 6.06. The number of nitrogens with one attached hydrogen (secondary N) is 2. The number of rotatable bonds is 3. The van der Waals surface area contributed by atoms with Crippen molar-refractivity contribution in [3.8, 4) is 0 Å². The molecular weight excluding hydrogens is 188 g/mol. The smallest absolute Gasteiger partial charge is 0.322 e. The number of urea groups is 1. The lowest BCUT2D eigenvalue weighted by Gasteiger charge is -2.19. The number of hydrogen-bond acceptors (Lipinski definition) is 4. The van der Waals surface area contributed by atoms with Crippen molar-refractivity contribution in [2.75, 3.05) is 7.11 Å². The van der Waals surface area contributed by atoms with Crippen molar-refractivity contribution in [1.82, 2.24) is 10.6 Å². The van der Waals surface area contributed by atoms with E-state index in [9.17, 15) is 14.4 Å². The molecule has 14 heavy (non-hydrogen) atoms. The first kappa shape index (κ1) is 10.5. The zero-order valence-corrected chi connectivity index (χ0v) is 8.05. The van der Waals surface area contributed by atoms with E-state index in [0.29, 0.717) is 0 Å². The molecule has 0 aromatic heterocycles. The molecule has 0 radical (unpaired) electrons. The van der Waals surface area contributed by atoms with E-state index in [2.05, 4.69) is 15.4 Å². The standard InChI is InChI=1S/C8H12N2O4/c1-8(4-3-5(11)14-2)6(12)9-7(13)10-8/h3-4H2,1-2H3,(H2,9,10,12,13)/t8-/m0/s1. The SMILES string of the molecule is COC(=O)CC[C@]1(C)NC(=O)NC1=O. The van der Waals surface area contributed by atoms with Crippen molar-refractivity contribution in [2.24, 2.45) is 0 Å². The molecule has 0 aromatic carbocycles. The largest absolute Gasteiger partial charge is 0.469 e. The van der Waals surface area contributed by atoms with Gasteiger partial charge in [0.25, 0.3) is 5.91 Å². The Kier molecular flexibility index (Phi) is 2.73. The van der Waals surface area contributed by atoms with Crippen molar-refractivity contribution in [2.45, 2.75) is 25.3 Å². The van der Waals surface area contributed by atoms with Crippen molar-refractivity contribution in [1.29, 1.82) is 0 Å². The molecule has 3 amide bonds. The van der Waals surface area contributed by atoms with Crippen LogP contribution in [-0.4, -0.2) is 30.6 Å². The molecule has 1 aliphatic rings. The van der Waals surface area contributed by atoms with Gasteiger partial charge in [-0.1, -0.05) is 0 Å². The van der Waals surface area contributed by atoms with Crippen LogP contribution in [0, 0.1) is 0 Å². The van der Waals surface area contributed by atoms with Gasteiger partial charge in [0.15, 0.2) is 0 Å². The first-order chi connectivity index (χ1) is 6.48. The highest BCUT2D eigenvalue weighted by Crippen LogP contribution is 2.16. The molecule has 0 unspecified atom stereocenters. The summed E-state index contributed by atoms with van der Waals surface area (Å²) in [4.78, 5) is 32.9. The third kappa shape index (κ3) is 2.01. The molecule has 2 N–H and O–H groups in total. The van der Waals surface area contributed by atoms with E-state index in [-0.39, 0.29) is 12.8 Å². The Morgan fingerprint density at radius 2 is 2.14 bits per heavy atom. The van der Waals surface area contributed by atoms with Crippen LogP contribution in [-0.2, 0) is 14.3 Å². The van der Waals surface area contributed by atoms with Crippen LogP contribution in [0.3, 0.4) is 0 Å². The van der Waals surface area contributed by atoms with E-state index in [0.717, 1.165) is 0 Å². The first-order valence-electron chi connectivity index (χ1n) is 4.18. The Hall–Kier alpha value is -1.59. The highest BCUT2D eigenvalue weighted by Gasteiger charge is 2.41. The van der Waals surface area contributed by atoms with Crippen LogP contribution in [0.2, 0.25) is 0 Å². The van der Waals surface area contributed by atoms with Gasteiger partial charge in [-0.15, -0.1) is 0 Å². The number of carbonyl (C=O) groups is 3. The van der Waals surface area contributed by atoms with Crippen molar-refractivity contribution in [3.05, 3.63) is 0 Å². The van der Waals surface area contributed by atoms with Crippen molar-refractivity contribution in [3.63, 3.8) is 0 Å². The molecule has 78 valence electrons. The van der Waals surface area contributed by atoms with Crippen molar-refractivity contribution < 1.29 is 19.1 Å². The minimum absolute atomic E-state index is 0.0979. The van der Waals surface area contributed by atoms with Gasteiger partial charge in [0.2, 0.25) is 0 Å². The van der Waals surface area contributed by atoms with Crippen LogP contribution < -0.4 is 10.6 Å². The Morgan fingerprint density at radius 3 is 2.57 bits per heavy atom. The fraction of sp³-hybridized carbons (Fsp3) is 0.625. The van der Waals surface area contributed by atoms with Gasteiger partial charge >= 0.3 is 12.0 Å². The van der Waals surface area contributed by atoms with Gasteiger partial charge in [0.1, 0.15) is 5.54 Å². The molecule has 1 rings (SSSR count). The molecule has 0 spiro atoms. The zero-order valence-electron chi connectivity index (χ0n) is 8.05. The molecular formula is C8H12N2O4. The fourth-order valence-electron chi connectivity index (χ4n) is 1.21. The third-order valence-corrected chi connectivity index (χ3v) is 2.17. The maximum atomic E-state index is 11.3. The molecule has 1 saturated heterocycles. The number of hydrogen-bond donors (Lipinski definition) is 2. The van der Waals surface area contributed by atoms with Crippen LogP contribution in [0.25, 0.3) is 0 Å². The maximum absolute atomic E-state index is 11.3. The van der Waals surface area contributed by atoms with Gasteiger partial charge in [-0.3, -0.25) is 14.9 Å². The van der Waals surface area contributed by atoms with E-state index < -0.39 is 23.4 Å². The lowest BCUT2D eigenvalue weighted by molar-refractivity contribution is -0.141. The quantitative estimate of drug-likeness (QED) is 0.477. The predicted molar refractivity (Wildman–Crippen MR) is 46.3 cm³/mol. The number of ether oxygens (including phenoxy) is 1. The molecule has 0 bridgehead atoms. The maximum Gasteiger partial charge on any atom is 0.322 e. The van der Waals surface area contributed by atoms with Gasteiger partial charge in [-0.25, -0.2) is 4.79 Å². The van der Waals surface area contributed by atoms with E-state index >= 15 is 0 Å². The van der Waals surface area contributed by atoms with Gasteiger partial charge in [0.05, 0.1) is 7.11 Å². The summed E-state index contributed by atoms with van der Waals surface area (Å²) in [5.74, 6) is -0.813. The van der Waals surface area contributed by atoms with Crippen LogP contribution in [0.4, 0.5) is 4.79 Å². The summed E-state index contributed by atoms with van der Waals surface area (Å²) in [6, 6.07) is -0.526. The van der Waals surface area contributed by atoms with Gasteiger partial charge in [-0.2, -0.15) is 0 Å². The number of amides is 3. The Labute approximate surface area is 81.0 Å². The topological polar surface area (TPSA) is 84.5 Å². The minimum atomic E-state index is -0.995. The molecule has 0 aliphatic carbocycles. The monoisotopic (exact) mass is 200 g/mol. The van der Waals surface area contributed by atoms with E-state index in [1.165, 1.54) is 7.11 Å². The Morgan fingerprint density at radius 1 is 1.50 bits per heavy atom. The summed E-state index contributed by atoms with van der Waals surface area (Å²) in [6.45, 7) is 1.57. The molecule has 1 atom stereocenters. The molecule has 6 nitrogen and oxygen atoms in total. The lowest BCUT2D eigenvalue weighted by Crippen LogP contribution is -2.43. The van der Waals surface area contributed by atoms with Crippen LogP contribution in [0.1, 0.15) is 19.8 Å². The minimum Gasteiger partial charge on any atom is -0.469 e. The summed E-state index contributed by atoms with van der Waals surface area (Å²) in [5, 5.41) is 4.56. The number of esters is 1. The van der Waals surface area contributed by atoms with E-state index in [1.54, 1.807) is 6.92 Å². The van der Waals surface area contributed by atoms with Gasteiger partial charge in [-0.05, 0) is 13.3 Å². The van der Waals surface area contributed by atoms with Crippen LogP contribution >= 0.6 is 0 Å². The molecule has 6 heteroatoms. The number of carbonyl (C=O) groups excluding carboxylic acids is 3. The fourth-order valence-corrected chi connectivity index (χ4v) is 1.21. The average Bonchev–Trinajstić information content (AvgIpc) is 2.37. The van der Waals surface area contributed by atoms with Crippen LogP contribution in [0.5, 0.6) is 0 Å². The second-order valence-electron chi connectivity index (χ2n) is 3.32. The molecule has 0 saturated carbocycles. The lowest BCUT2D eigenvalue weighted by atomic mass is 9.96.